The van der Waals surface area contributed by atoms with Crippen LogP contribution >= 0.6 is 0 Å². The minimum Gasteiger partial charge on any atom is -0.388 e. The van der Waals surface area contributed by atoms with Crippen molar-refractivity contribution in [3.05, 3.63) is 60.8 Å². The molecule has 3 nitrogen and oxygen atoms in total. The fraction of sp³-hybridized carbons (Fsp3) is 0.522. The average molecular weight is 360 g/mol. The van der Waals surface area contributed by atoms with Gasteiger partial charge in [-0.15, -0.1) is 0 Å². The number of unbranched alkanes of at least 4 members (excludes halogenated alkanes) is 2. The molecule has 0 saturated heterocycles. The van der Waals surface area contributed by atoms with E-state index in [0.717, 1.165) is 38.5 Å². The molecule has 0 heterocycles. The summed E-state index contributed by atoms with van der Waals surface area (Å²) in [6, 6.07) is 0. The zero-order valence-corrected chi connectivity index (χ0v) is 16.8. The van der Waals surface area contributed by atoms with Crippen LogP contribution in [-0.2, 0) is 4.79 Å². The van der Waals surface area contributed by atoms with Crippen LogP contribution in [0.2, 0.25) is 0 Å². The highest BCUT2D eigenvalue weighted by Crippen LogP contribution is 2.19. The summed E-state index contributed by atoms with van der Waals surface area (Å²) in [4.78, 5) is 11.9. The van der Waals surface area contributed by atoms with Gasteiger partial charge in [0.25, 0.3) is 0 Å². The van der Waals surface area contributed by atoms with Crippen molar-refractivity contribution in [2.45, 2.75) is 71.3 Å². The van der Waals surface area contributed by atoms with E-state index < -0.39 is 5.60 Å². The molecule has 2 N–H and O–H groups in total. The first-order chi connectivity index (χ1) is 12.6. The normalized spacial score (nSPS) is 15.1. The number of allylic oxidation sites excluding steroid dienone is 9. The van der Waals surface area contributed by atoms with Gasteiger partial charge in [0, 0.05) is 12.6 Å². The molecule has 0 bridgehead atoms. The van der Waals surface area contributed by atoms with Gasteiger partial charge in [0.05, 0.1) is 5.60 Å². The number of amides is 1. The van der Waals surface area contributed by atoms with E-state index in [1.807, 2.05) is 37.3 Å². The van der Waals surface area contributed by atoms with Crippen LogP contribution in [0.15, 0.2) is 60.8 Å². The van der Waals surface area contributed by atoms with Crippen LogP contribution in [0.3, 0.4) is 0 Å². The van der Waals surface area contributed by atoms with Gasteiger partial charge >= 0.3 is 0 Å². The Morgan fingerprint density at radius 2 is 1.58 bits per heavy atom. The van der Waals surface area contributed by atoms with E-state index >= 15 is 0 Å². The maximum absolute atomic E-state index is 11.9. The molecular weight excluding hydrogens is 322 g/mol. The lowest BCUT2D eigenvalue weighted by Gasteiger charge is -2.27. The lowest BCUT2D eigenvalue weighted by atomic mass is 9.91. The summed E-state index contributed by atoms with van der Waals surface area (Å²) in [6.07, 6.45) is 25.6. The molecule has 0 fully saturated rings. The first kappa shape index (κ1) is 24.1. The average Bonchev–Trinajstić information content (AvgIpc) is 2.63. The Morgan fingerprint density at radius 1 is 0.923 bits per heavy atom. The summed E-state index contributed by atoms with van der Waals surface area (Å²) in [6.45, 7) is 6.47. The van der Waals surface area contributed by atoms with E-state index in [1.165, 1.54) is 6.08 Å². The molecule has 0 aromatic rings. The number of aliphatic hydroxyl groups is 1. The Hall–Kier alpha value is -1.87. The highest BCUT2D eigenvalue weighted by Gasteiger charge is 2.25. The van der Waals surface area contributed by atoms with E-state index in [2.05, 4.69) is 37.4 Å². The Kier molecular flexibility index (Phi) is 15.4. The summed E-state index contributed by atoms with van der Waals surface area (Å²) >= 11 is 0. The molecule has 0 aromatic heterocycles. The summed E-state index contributed by atoms with van der Waals surface area (Å²) in [7, 11) is 0. The fourth-order valence-corrected chi connectivity index (χ4v) is 2.51. The zero-order chi connectivity index (χ0) is 19.5. The minimum atomic E-state index is -0.784. The van der Waals surface area contributed by atoms with Crippen LogP contribution in [0.4, 0.5) is 0 Å². The van der Waals surface area contributed by atoms with Gasteiger partial charge in [-0.1, -0.05) is 87.8 Å². The van der Waals surface area contributed by atoms with E-state index in [9.17, 15) is 9.90 Å². The van der Waals surface area contributed by atoms with Crippen molar-refractivity contribution in [3.8, 4) is 0 Å². The number of hydrogen-bond donors (Lipinski definition) is 2. The van der Waals surface area contributed by atoms with Gasteiger partial charge in [0.2, 0.25) is 5.91 Å². The zero-order valence-electron chi connectivity index (χ0n) is 16.8. The van der Waals surface area contributed by atoms with Crippen molar-refractivity contribution >= 4 is 5.91 Å². The second-order valence-corrected chi connectivity index (χ2v) is 6.50. The van der Waals surface area contributed by atoms with E-state index in [0.29, 0.717) is 13.0 Å². The summed E-state index contributed by atoms with van der Waals surface area (Å²) < 4.78 is 0. The molecule has 1 atom stereocenters. The standard InChI is InChI=1S/C23H37NO2/c1-4-7-9-10-11-12-13-14-15-16-17-18-22(25)24-21-23(26,19-6-3)20-8-5-2/h4,7,9-10,13-18,26H,5-6,8,11-12,19-21H2,1-3H3,(H,24,25). The second kappa shape index (κ2) is 16.6. The number of carbonyl (C=O) groups excluding carboxylic acids is 1. The summed E-state index contributed by atoms with van der Waals surface area (Å²) in [5.41, 5.74) is -0.784. The first-order valence-corrected chi connectivity index (χ1v) is 9.86. The molecule has 0 aliphatic heterocycles. The topological polar surface area (TPSA) is 49.3 Å². The van der Waals surface area contributed by atoms with Crippen LogP contribution in [0.5, 0.6) is 0 Å². The third-order valence-corrected chi connectivity index (χ3v) is 3.96. The molecule has 0 saturated carbocycles. The van der Waals surface area contributed by atoms with E-state index in [-0.39, 0.29) is 5.91 Å². The SMILES string of the molecule is CC=CC=CCCC=CC=CC=CC(=O)NCC(O)(CCC)CCCC. The minimum absolute atomic E-state index is 0.168. The quantitative estimate of drug-likeness (QED) is 0.248. The Bertz CT molecular complexity index is 500. The molecule has 26 heavy (non-hydrogen) atoms. The van der Waals surface area contributed by atoms with Crippen molar-refractivity contribution in [3.63, 3.8) is 0 Å². The van der Waals surface area contributed by atoms with Crippen LogP contribution in [0, 0.1) is 0 Å². The maximum atomic E-state index is 11.9. The lowest BCUT2D eigenvalue weighted by Crippen LogP contribution is -2.42. The molecule has 0 radical (unpaired) electrons. The maximum Gasteiger partial charge on any atom is 0.244 e. The number of carbonyl (C=O) groups is 1. The van der Waals surface area contributed by atoms with Gasteiger partial charge < -0.3 is 10.4 Å². The molecule has 146 valence electrons. The third-order valence-electron chi connectivity index (χ3n) is 3.96. The molecule has 1 unspecified atom stereocenters. The number of hydrogen-bond acceptors (Lipinski definition) is 2. The molecule has 0 aliphatic carbocycles. The highest BCUT2D eigenvalue weighted by atomic mass is 16.3. The van der Waals surface area contributed by atoms with E-state index in [4.69, 9.17) is 0 Å². The molecule has 0 aromatic carbocycles. The lowest BCUT2D eigenvalue weighted by molar-refractivity contribution is -0.118. The molecule has 0 spiro atoms. The smallest absolute Gasteiger partial charge is 0.244 e. The van der Waals surface area contributed by atoms with Gasteiger partial charge in [-0.3, -0.25) is 4.79 Å². The fourth-order valence-electron chi connectivity index (χ4n) is 2.51. The summed E-state index contributed by atoms with van der Waals surface area (Å²) in [5.74, 6) is -0.168. The van der Waals surface area contributed by atoms with Crippen molar-refractivity contribution in [2.24, 2.45) is 0 Å². The Balaban J connectivity index is 4.10. The van der Waals surface area contributed by atoms with Gasteiger partial charge in [-0.05, 0) is 32.6 Å². The van der Waals surface area contributed by atoms with Crippen LogP contribution in [0.25, 0.3) is 0 Å². The van der Waals surface area contributed by atoms with Crippen molar-refractivity contribution < 1.29 is 9.90 Å². The third kappa shape index (κ3) is 14.5. The number of rotatable bonds is 14. The van der Waals surface area contributed by atoms with Gasteiger partial charge in [0.1, 0.15) is 0 Å². The van der Waals surface area contributed by atoms with Crippen LogP contribution in [0.1, 0.15) is 65.7 Å². The van der Waals surface area contributed by atoms with Gasteiger partial charge in [0.15, 0.2) is 0 Å². The van der Waals surface area contributed by atoms with Crippen LogP contribution in [-0.4, -0.2) is 23.2 Å². The van der Waals surface area contributed by atoms with E-state index in [1.54, 1.807) is 6.08 Å². The predicted molar refractivity (Wildman–Crippen MR) is 113 cm³/mol. The Labute approximate surface area is 160 Å². The predicted octanol–water partition coefficient (Wildman–Crippen LogP) is 5.41. The Morgan fingerprint density at radius 3 is 2.19 bits per heavy atom. The molecule has 0 rings (SSSR count). The van der Waals surface area contributed by atoms with Crippen LogP contribution < -0.4 is 5.32 Å². The monoisotopic (exact) mass is 359 g/mol. The molecule has 1 amide bonds. The molecular formula is C23H37NO2. The number of nitrogens with one attached hydrogen (secondary N) is 1. The second-order valence-electron chi connectivity index (χ2n) is 6.50. The van der Waals surface area contributed by atoms with Crippen molar-refractivity contribution in [1.82, 2.24) is 5.32 Å². The van der Waals surface area contributed by atoms with Gasteiger partial charge in [-0.2, -0.15) is 0 Å². The largest absolute Gasteiger partial charge is 0.388 e. The molecule has 3 heteroatoms. The van der Waals surface area contributed by atoms with Crippen molar-refractivity contribution in [2.75, 3.05) is 6.54 Å². The van der Waals surface area contributed by atoms with Crippen molar-refractivity contribution in [1.29, 1.82) is 0 Å². The first-order valence-electron chi connectivity index (χ1n) is 9.86. The van der Waals surface area contributed by atoms with Gasteiger partial charge in [-0.25, -0.2) is 0 Å². The highest BCUT2D eigenvalue weighted by molar-refractivity contribution is 5.87. The summed E-state index contributed by atoms with van der Waals surface area (Å²) in [5, 5.41) is 13.4. The molecule has 0 aliphatic rings.